The van der Waals surface area contributed by atoms with Gasteiger partial charge in [-0.1, -0.05) is 12.1 Å². The third-order valence-electron chi connectivity index (χ3n) is 4.19. The van der Waals surface area contributed by atoms with E-state index in [4.69, 9.17) is 10.00 Å². The maximum absolute atomic E-state index is 12.4. The molecule has 3 aromatic rings. The fourth-order valence-electron chi connectivity index (χ4n) is 2.79. The van der Waals surface area contributed by atoms with E-state index in [1.165, 1.54) is 6.20 Å². The quantitative estimate of drug-likeness (QED) is 0.724. The number of amides is 1. The van der Waals surface area contributed by atoms with Crippen LogP contribution in [0.25, 0.3) is 11.0 Å². The van der Waals surface area contributed by atoms with Crippen LogP contribution in [0.5, 0.6) is 5.88 Å². The van der Waals surface area contributed by atoms with Crippen LogP contribution in [-0.4, -0.2) is 44.5 Å². The third-order valence-corrected chi connectivity index (χ3v) is 4.19. The zero-order chi connectivity index (χ0) is 17.2. The second kappa shape index (κ2) is 6.24. The number of carbonyl (C=O) groups excluding carboxylic acids is 1. The van der Waals surface area contributed by atoms with E-state index in [1.807, 2.05) is 34.9 Å². The molecule has 1 aromatic carbocycles. The van der Waals surface area contributed by atoms with Crippen molar-refractivity contribution >= 4 is 16.9 Å². The Hall–Kier alpha value is -3.40. The molecule has 25 heavy (non-hydrogen) atoms. The number of para-hydroxylation sites is 2. The topological polar surface area (TPSA) is 84.0 Å². The molecule has 0 bridgehead atoms. The Bertz CT molecular complexity index is 952. The molecule has 7 heteroatoms. The van der Waals surface area contributed by atoms with Crippen molar-refractivity contribution in [2.24, 2.45) is 0 Å². The number of ether oxygens (including phenoxy) is 1. The van der Waals surface area contributed by atoms with Gasteiger partial charge in [0.1, 0.15) is 18.7 Å². The van der Waals surface area contributed by atoms with Gasteiger partial charge in [0.05, 0.1) is 36.0 Å². The molecular formula is C18H15N5O2. The van der Waals surface area contributed by atoms with Gasteiger partial charge in [-0.25, -0.2) is 9.97 Å². The van der Waals surface area contributed by atoms with E-state index in [0.29, 0.717) is 24.5 Å². The molecule has 0 N–H and O–H groups in total. The molecule has 1 aliphatic rings. The van der Waals surface area contributed by atoms with Gasteiger partial charge < -0.3 is 14.2 Å². The molecular weight excluding hydrogens is 318 g/mol. The molecule has 1 amide bonds. The minimum Gasteiger partial charge on any atom is -0.471 e. The standard InChI is InChI=1S/C18H15N5O2/c19-7-13-5-6-17(20-8-13)25-14-9-22(10-14)18(24)11-23-12-21-15-3-1-2-4-16(15)23/h1-6,8,12,14H,9-11H2. The molecule has 1 aliphatic heterocycles. The van der Waals surface area contributed by atoms with E-state index in [2.05, 4.69) is 9.97 Å². The van der Waals surface area contributed by atoms with E-state index in [-0.39, 0.29) is 18.6 Å². The number of aromatic nitrogens is 3. The lowest BCUT2D eigenvalue weighted by Crippen LogP contribution is -2.56. The monoisotopic (exact) mass is 333 g/mol. The first-order valence-corrected chi connectivity index (χ1v) is 7.93. The predicted molar refractivity (Wildman–Crippen MR) is 89.7 cm³/mol. The van der Waals surface area contributed by atoms with Crippen LogP contribution >= 0.6 is 0 Å². The van der Waals surface area contributed by atoms with Gasteiger partial charge in [0, 0.05) is 12.3 Å². The molecule has 0 aliphatic carbocycles. The summed E-state index contributed by atoms with van der Waals surface area (Å²) in [5.41, 5.74) is 2.32. The van der Waals surface area contributed by atoms with Crippen molar-refractivity contribution in [2.75, 3.05) is 13.1 Å². The van der Waals surface area contributed by atoms with Gasteiger partial charge in [0.2, 0.25) is 11.8 Å². The molecule has 4 rings (SSSR count). The Kier molecular flexibility index (Phi) is 3.78. The van der Waals surface area contributed by atoms with Crippen molar-refractivity contribution in [3.63, 3.8) is 0 Å². The Morgan fingerprint density at radius 3 is 2.84 bits per heavy atom. The average molecular weight is 333 g/mol. The summed E-state index contributed by atoms with van der Waals surface area (Å²) < 4.78 is 7.56. The van der Waals surface area contributed by atoms with Gasteiger partial charge >= 0.3 is 0 Å². The van der Waals surface area contributed by atoms with Gasteiger partial charge in [-0.15, -0.1) is 0 Å². The molecule has 124 valence electrons. The number of pyridine rings is 1. The van der Waals surface area contributed by atoms with Crippen LogP contribution in [0.2, 0.25) is 0 Å². The highest BCUT2D eigenvalue weighted by molar-refractivity contribution is 5.81. The van der Waals surface area contributed by atoms with Crippen LogP contribution in [0.15, 0.2) is 48.9 Å². The van der Waals surface area contributed by atoms with Crippen molar-refractivity contribution in [1.82, 2.24) is 19.4 Å². The SMILES string of the molecule is N#Cc1ccc(OC2CN(C(=O)Cn3cnc4ccccc43)C2)nc1. The minimum atomic E-state index is -0.0658. The first-order valence-electron chi connectivity index (χ1n) is 7.93. The molecule has 1 fully saturated rings. The zero-order valence-corrected chi connectivity index (χ0v) is 13.4. The number of imidazole rings is 1. The maximum atomic E-state index is 12.4. The summed E-state index contributed by atoms with van der Waals surface area (Å²) in [5.74, 6) is 0.507. The molecule has 1 saturated heterocycles. The molecule has 0 saturated carbocycles. The number of carbonyl (C=O) groups is 1. The lowest BCUT2D eigenvalue weighted by Gasteiger charge is -2.38. The highest BCUT2D eigenvalue weighted by atomic mass is 16.5. The van der Waals surface area contributed by atoms with Gasteiger partial charge in [0.15, 0.2) is 0 Å². The Morgan fingerprint density at radius 1 is 1.24 bits per heavy atom. The molecule has 3 heterocycles. The summed E-state index contributed by atoms with van der Waals surface area (Å²) >= 11 is 0. The zero-order valence-electron chi connectivity index (χ0n) is 13.4. The molecule has 0 unspecified atom stereocenters. The Morgan fingerprint density at radius 2 is 2.08 bits per heavy atom. The first kappa shape index (κ1) is 15.1. The number of nitrogens with zero attached hydrogens (tertiary/aromatic N) is 5. The largest absolute Gasteiger partial charge is 0.471 e. The highest BCUT2D eigenvalue weighted by Crippen LogP contribution is 2.18. The van der Waals surface area contributed by atoms with Crippen molar-refractivity contribution < 1.29 is 9.53 Å². The first-order chi connectivity index (χ1) is 12.2. The summed E-state index contributed by atoms with van der Waals surface area (Å²) in [6, 6.07) is 13.1. The number of fused-ring (bicyclic) bond motifs is 1. The third kappa shape index (κ3) is 3.02. The van der Waals surface area contributed by atoms with Crippen molar-refractivity contribution in [3.8, 4) is 11.9 Å². The van der Waals surface area contributed by atoms with E-state index < -0.39 is 0 Å². The van der Waals surface area contributed by atoms with E-state index in [9.17, 15) is 4.79 Å². The molecule has 0 radical (unpaired) electrons. The van der Waals surface area contributed by atoms with E-state index >= 15 is 0 Å². The molecule has 0 spiro atoms. The number of nitriles is 1. The predicted octanol–water partition coefficient (Wildman–Crippen LogP) is 1.59. The molecule has 0 atom stereocenters. The van der Waals surface area contributed by atoms with Gasteiger partial charge in [-0.05, 0) is 18.2 Å². The second-order valence-corrected chi connectivity index (χ2v) is 5.90. The number of likely N-dealkylation sites (tertiary alicyclic amines) is 1. The van der Waals surface area contributed by atoms with Gasteiger partial charge in [-0.3, -0.25) is 4.79 Å². The maximum Gasteiger partial charge on any atom is 0.242 e. The van der Waals surface area contributed by atoms with Crippen molar-refractivity contribution in [3.05, 3.63) is 54.5 Å². The number of rotatable bonds is 4. The summed E-state index contributed by atoms with van der Waals surface area (Å²) in [6.45, 7) is 1.34. The van der Waals surface area contributed by atoms with Crippen LogP contribution < -0.4 is 4.74 Å². The highest BCUT2D eigenvalue weighted by Gasteiger charge is 2.32. The second-order valence-electron chi connectivity index (χ2n) is 5.90. The smallest absolute Gasteiger partial charge is 0.242 e. The van der Waals surface area contributed by atoms with Crippen molar-refractivity contribution in [1.29, 1.82) is 5.26 Å². The van der Waals surface area contributed by atoms with Gasteiger partial charge in [0.25, 0.3) is 0 Å². The minimum absolute atomic E-state index is 0.0378. The summed E-state index contributed by atoms with van der Waals surface area (Å²) in [7, 11) is 0. The number of benzene rings is 1. The number of hydrogen-bond acceptors (Lipinski definition) is 5. The normalized spacial score (nSPS) is 14.1. The van der Waals surface area contributed by atoms with Crippen LogP contribution in [0.1, 0.15) is 5.56 Å². The van der Waals surface area contributed by atoms with E-state index in [0.717, 1.165) is 11.0 Å². The van der Waals surface area contributed by atoms with E-state index in [1.54, 1.807) is 23.4 Å². The van der Waals surface area contributed by atoms with Gasteiger partial charge in [-0.2, -0.15) is 5.26 Å². The Labute approximate surface area is 144 Å². The summed E-state index contributed by atoms with van der Waals surface area (Å²) in [5, 5.41) is 8.75. The van der Waals surface area contributed by atoms with Crippen LogP contribution in [-0.2, 0) is 11.3 Å². The summed E-state index contributed by atoms with van der Waals surface area (Å²) in [6.07, 6.45) is 3.10. The average Bonchev–Trinajstić information content (AvgIpc) is 3.01. The molecule has 7 nitrogen and oxygen atoms in total. The van der Waals surface area contributed by atoms with Crippen LogP contribution in [0, 0.1) is 11.3 Å². The lowest BCUT2D eigenvalue weighted by atomic mass is 10.1. The lowest BCUT2D eigenvalue weighted by molar-refractivity contribution is -0.140. The summed E-state index contributed by atoms with van der Waals surface area (Å²) in [4.78, 5) is 22.5. The van der Waals surface area contributed by atoms with Crippen molar-refractivity contribution in [2.45, 2.75) is 12.6 Å². The number of hydrogen-bond donors (Lipinski definition) is 0. The molecule has 2 aromatic heterocycles. The Balaban J connectivity index is 1.32. The van der Waals surface area contributed by atoms with Crippen LogP contribution in [0.4, 0.5) is 0 Å². The van der Waals surface area contributed by atoms with Crippen LogP contribution in [0.3, 0.4) is 0 Å². The fraction of sp³-hybridized carbons (Fsp3) is 0.222. The fourth-order valence-corrected chi connectivity index (χ4v) is 2.79.